The number of benzene rings is 1. The lowest BCUT2D eigenvalue weighted by molar-refractivity contribution is 0.366. The van der Waals surface area contributed by atoms with E-state index in [2.05, 4.69) is 49.5 Å². The summed E-state index contributed by atoms with van der Waals surface area (Å²) in [5.74, 6) is 0.834. The summed E-state index contributed by atoms with van der Waals surface area (Å²) >= 11 is 0. The number of hydrogen-bond donors (Lipinski definition) is 1. The molecule has 1 aliphatic rings. The molecule has 88 valence electrons. The first-order valence-electron chi connectivity index (χ1n) is 6.45. The molecule has 0 bridgehead atoms. The second-order valence-electron chi connectivity index (χ2n) is 5.69. The van der Waals surface area contributed by atoms with Crippen LogP contribution in [0.3, 0.4) is 0 Å². The Balaban J connectivity index is 1.72. The van der Waals surface area contributed by atoms with Crippen LogP contribution in [0.4, 0.5) is 0 Å². The third-order valence-electron chi connectivity index (χ3n) is 3.47. The van der Waals surface area contributed by atoms with Crippen molar-refractivity contribution in [3.8, 4) is 0 Å². The van der Waals surface area contributed by atoms with Gasteiger partial charge in [-0.1, -0.05) is 44.2 Å². The van der Waals surface area contributed by atoms with Gasteiger partial charge in [0, 0.05) is 13.1 Å². The number of rotatable bonds is 6. The predicted molar refractivity (Wildman–Crippen MR) is 69.3 cm³/mol. The van der Waals surface area contributed by atoms with Crippen LogP contribution in [0, 0.1) is 11.3 Å². The molecule has 2 rings (SSSR count). The highest BCUT2D eigenvalue weighted by Crippen LogP contribution is 2.49. The topological polar surface area (TPSA) is 12.0 Å². The summed E-state index contributed by atoms with van der Waals surface area (Å²) in [7, 11) is 0. The minimum Gasteiger partial charge on any atom is -0.312 e. The van der Waals surface area contributed by atoms with Gasteiger partial charge in [-0.25, -0.2) is 0 Å². The summed E-state index contributed by atoms with van der Waals surface area (Å²) in [6, 6.07) is 10.7. The smallest absolute Gasteiger partial charge is 0.0205 e. The van der Waals surface area contributed by atoms with E-state index < -0.39 is 0 Å². The minimum absolute atomic E-state index is 0.642. The van der Waals surface area contributed by atoms with E-state index in [0.717, 1.165) is 12.5 Å². The monoisotopic (exact) mass is 217 g/mol. The highest BCUT2D eigenvalue weighted by Gasteiger charge is 2.41. The first-order valence-corrected chi connectivity index (χ1v) is 6.45. The standard InChI is InChI=1S/C15H23N/c1-13(2)10-15(8-9-15)12-16-11-14-6-4-3-5-7-14/h3-7,13,16H,8-12H2,1-2H3. The number of nitrogens with one attached hydrogen (secondary N) is 1. The third kappa shape index (κ3) is 3.34. The van der Waals surface area contributed by atoms with Crippen LogP contribution in [-0.2, 0) is 6.54 Å². The van der Waals surface area contributed by atoms with Crippen LogP contribution < -0.4 is 5.32 Å². The first-order chi connectivity index (χ1) is 7.70. The summed E-state index contributed by atoms with van der Waals surface area (Å²) < 4.78 is 0. The highest BCUT2D eigenvalue weighted by atomic mass is 14.9. The average molecular weight is 217 g/mol. The summed E-state index contributed by atoms with van der Waals surface area (Å²) in [5, 5.41) is 3.61. The van der Waals surface area contributed by atoms with Crippen molar-refractivity contribution in [1.82, 2.24) is 5.32 Å². The van der Waals surface area contributed by atoms with Gasteiger partial charge in [-0.2, -0.15) is 0 Å². The molecule has 16 heavy (non-hydrogen) atoms. The molecule has 1 saturated carbocycles. The zero-order valence-electron chi connectivity index (χ0n) is 10.5. The molecule has 0 radical (unpaired) electrons. The normalized spacial score (nSPS) is 17.7. The Hall–Kier alpha value is -0.820. The van der Waals surface area contributed by atoms with Gasteiger partial charge in [-0.15, -0.1) is 0 Å². The fourth-order valence-corrected chi connectivity index (χ4v) is 2.56. The van der Waals surface area contributed by atoms with E-state index >= 15 is 0 Å². The van der Waals surface area contributed by atoms with E-state index in [1.165, 1.54) is 31.4 Å². The SMILES string of the molecule is CC(C)CC1(CNCc2ccccc2)CC1. The summed E-state index contributed by atoms with van der Waals surface area (Å²) in [4.78, 5) is 0. The lowest BCUT2D eigenvalue weighted by Crippen LogP contribution is -2.24. The van der Waals surface area contributed by atoms with Gasteiger partial charge >= 0.3 is 0 Å². The molecular formula is C15H23N. The van der Waals surface area contributed by atoms with Gasteiger partial charge in [0.15, 0.2) is 0 Å². The van der Waals surface area contributed by atoms with Gasteiger partial charge in [0.2, 0.25) is 0 Å². The van der Waals surface area contributed by atoms with Crippen LogP contribution in [0.25, 0.3) is 0 Å². The van der Waals surface area contributed by atoms with E-state index in [1.807, 2.05) is 0 Å². The van der Waals surface area contributed by atoms with Crippen molar-refractivity contribution in [2.24, 2.45) is 11.3 Å². The van der Waals surface area contributed by atoms with Crippen molar-refractivity contribution in [3.63, 3.8) is 0 Å². The van der Waals surface area contributed by atoms with Crippen LogP contribution in [0.1, 0.15) is 38.7 Å². The van der Waals surface area contributed by atoms with Crippen molar-refractivity contribution >= 4 is 0 Å². The Bertz CT molecular complexity index is 311. The summed E-state index contributed by atoms with van der Waals surface area (Å²) in [5.41, 5.74) is 2.03. The van der Waals surface area contributed by atoms with Gasteiger partial charge in [0.25, 0.3) is 0 Å². The third-order valence-corrected chi connectivity index (χ3v) is 3.47. The largest absolute Gasteiger partial charge is 0.312 e. The van der Waals surface area contributed by atoms with Gasteiger partial charge in [-0.05, 0) is 36.2 Å². The molecule has 1 fully saturated rings. The molecule has 0 saturated heterocycles. The van der Waals surface area contributed by atoms with Crippen molar-refractivity contribution in [2.45, 2.75) is 39.7 Å². The Morgan fingerprint density at radius 1 is 1.19 bits per heavy atom. The molecule has 0 amide bonds. The molecule has 1 aliphatic carbocycles. The second-order valence-corrected chi connectivity index (χ2v) is 5.69. The molecule has 0 atom stereocenters. The first kappa shape index (κ1) is 11.7. The summed E-state index contributed by atoms with van der Waals surface area (Å²) in [6.45, 7) is 6.87. The van der Waals surface area contributed by atoms with E-state index in [4.69, 9.17) is 0 Å². The van der Waals surface area contributed by atoms with Gasteiger partial charge in [-0.3, -0.25) is 0 Å². The molecule has 0 aliphatic heterocycles. The maximum absolute atomic E-state index is 3.61. The van der Waals surface area contributed by atoms with Crippen LogP contribution in [0.15, 0.2) is 30.3 Å². The molecule has 1 N–H and O–H groups in total. The van der Waals surface area contributed by atoms with E-state index in [-0.39, 0.29) is 0 Å². The van der Waals surface area contributed by atoms with Crippen LogP contribution >= 0.6 is 0 Å². The van der Waals surface area contributed by atoms with Crippen molar-refractivity contribution < 1.29 is 0 Å². The maximum Gasteiger partial charge on any atom is 0.0205 e. The molecule has 1 aromatic rings. The lowest BCUT2D eigenvalue weighted by atomic mass is 9.94. The fourth-order valence-electron chi connectivity index (χ4n) is 2.56. The van der Waals surface area contributed by atoms with Crippen LogP contribution in [-0.4, -0.2) is 6.54 Å². The molecule has 0 aromatic heterocycles. The quantitative estimate of drug-likeness (QED) is 0.767. The van der Waals surface area contributed by atoms with E-state index in [9.17, 15) is 0 Å². The fraction of sp³-hybridized carbons (Fsp3) is 0.600. The second kappa shape index (κ2) is 5.01. The van der Waals surface area contributed by atoms with E-state index in [1.54, 1.807) is 0 Å². The highest BCUT2D eigenvalue weighted by molar-refractivity contribution is 5.14. The predicted octanol–water partition coefficient (Wildman–Crippen LogP) is 3.60. The molecule has 0 unspecified atom stereocenters. The zero-order chi connectivity index (χ0) is 11.4. The molecule has 0 heterocycles. The van der Waals surface area contributed by atoms with Crippen molar-refractivity contribution in [1.29, 1.82) is 0 Å². The van der Waals surface area contributed by atoms with Crippen molar-refractivity contribution in [3.05, 3.63) is 35.9 Å². The molecule has 1 aromatic carbocycles. The van der Waals surface area contributed by atoms with Gasteiger partial charge in [0.1, 0.15) is 0 Å². The molecule has 1 nitrogen and oxygen atoms in total. The molecule has 0 spiro atoms. The lowest BCUT2D eigenvalue weighted by Gasteiger charge is -2.18. The summed E-state index contributed by atoms with van der Waals surface area (Å²) in [6.07, 6.45) is 4.23. The Labute approximate surface area is 99.3 Å². The maximum atomic E-state index is 3.61. The minimum atomic E-state index is 0.642. The molecule has 1 heteroatoms. The Kier molecular flexibility index (Phi) is 3.65. The van der Waals surface area contributed by atoms with Gasteiger partial charge < -0.3 is 5.32 Å². The average Bonchev–Trinajstić information content (AvgIpc) is 2.99. The number of hydrogen-bond acceptors (Lipinski definition) is 1. The van der Waals surface area contributed by atoms with Gasteiger partial charge in [0.05, 0.1) is 0 Å². The molecular weight excluding hydrogens is 194 g/mol. The van der Waals surface area contributed by atoms with Crippen molar-refractivity contribution in [2.75, 3.05) is 6.54 Å². The van der Waals surface area contributed by atoms with Crippen LogP contribution in [0.2, 0.25) is 0 Å². The zero-order valence-corrected chi connectivity index (χ0v) is 10.5. The van der Waals surface area contributed by atoms with E-state index in [0.29, 0.717) is 5.41 Å². The Morgan fingerprint density at radius 3 is 2.44 bits per heavy atom. The van der Waals surface area contributed by atoms with Crippen LogP contribution in [0.5, 0.6) is 0 Å². The Morgan fingerprint density at radius 2 is 1.88 bits per heavy atom.